The summed E-state index contributed by atoms with van der Waals surface area (Å²) in [5.41, 5.74) is 2.35. The summed E-state index contributed by atoms with van der Waals surface area (Å²) in [4.78, 5) is 46.7. The zero-order chi connectivity index (χ0) is 29.3. The molecule has 0 aliphatic rings. The van der Waals surface area contributed by atoms with Crippen LogP contribution in [0.25, 0.3) is 0 Å². The Morgan fingerprint density at radius 1 is 1.11 bits per heavy atom. The number of rotatable bonds is 5. The summed E-state index contributed by atoms with van der Waals surface area (Å²) in [5.74, 6) is -0.822. The maximum absolute atomic E-state index is 12.0. The molecule has 3 aromatic rings. The van der Waals surface area contributed by atoms with E-state index in [2.05, 4.69) is 75.1 Å². The maximum atomic E-state index is 12.0. The number of nitrogens with zero attached hydrogens (tertiary/aromatic N) is 2. The van der Waals surface area contributed by atoms with Gasteiger partial charge in [-0.3, -0.25) is 14.4 Å². The average molecular weight is 626 g/mol. The Hall–Kier alpha value is -3.65. The fraction of sp³-hybridized carbons (Fsp3) is 0.192. The smallest absolute Gasteiger partial charge is 0.349 e. The fourth-order valence-electron chi connectivity index (χ4n) is 2.34. The third-order valence-electron chi connectivity index (χ3n) is 4.50. The Morgan fingerprint density at radius 3 is 2.16 bits per heavy atom. The second-order valence-corrected chi connectivity index (χ2v) is 8.68. The van der Waals surface area contributed by atoms with Crippen LogP contribution in [-0.2, 0) is 21.4 Å². The molecule has 0 bridgehead atoms. The van der Waals surface area contributed by atoms with E-state index in [1.54, 1.807) is 25.2 Å². The van der Waals surface area contributed by atoms with Gasteiger partial charge in [-0.05, 0) is 49.2 Å². The third kappa shape index (κ3) is 12.1. The highest BCUT2D eigenvalue weighted by atomic mass is 79.9. The Labute approximate surface area is 239 Å². The number of ether oxygens (including phenoxy) is 1. The monoisotopic (exact) mass is 624 g/mol. The van der Waals surface area contributed by atoms with E-state index in [4.69, 9.17) is 23.2 Å². The molecule has 0 radical (unpaired) electrons. The van der Waals surface area contributed by atoms with Crippen LogP contribution in [0.4, 0.5) is 5.82 Å². The van der Waals surface area contributed by atoms with Gasteiger partial charge in [0.15, 0.2) is 0 Å². The standard InChI is InChI=1S/C12H9Cl2N3O2.C8H9Br.C4H7NO3.C2H2/c1-17-6-5-9(16-12(17)19)15-11(18)10-7(13)3-2-4-8(10)14;1-6-4-3-5-8(9)7(6)2;1-8-4(7)2-5-3-6;1-2/h2-6H,1H3,(H,15,16,18,19);3-5H,1-2H3;3H,2H2,1H3,(H,5,6);1-2H. The minimum absolute atomic E-state index is 0.0556. The van der Waals surface area contributed by atoms with Crippen LogP contribution in [0, 0.1) is 26.7 Å². The van der Waals surface area contributed by atoms with Gasteiger partial charge in [0.25, 0.3) is 5.91 Å². The number of hydrogen-bond acceptors (Lipinski definition) is 6. The van der Waals surface area contributed by atoms with Crippen molar-refractivity contribution in [3.8, 4) is 12.8 Å². The summed E-state index contributed by atoms with van der Waals surface area (Å²) in [6.45, 7) is 4.17. The number of anilines is 1. The predicted octanol–water partition coefficient (Wildman–Crippen LogP) is 4.56. The molecule has 2 amide bonds. The van der Waals surface area contributed by atoms with Crippen molar-refractivity contribution in [1.29, 1.82) is 0 Å². The third-order valence-corrected chi connectivity index (χ3v) is 5.99. The van der Waals surface area contributed by atoms with E-state index >= 15 is 0 Å². The predicted molar refractivity (Wildman–Crippen MR) is 153 cm³/mol. The summed E-state index contributed by atoms with van der Waals surface area (Å²) >= 11 is 15.3. The van der Waals surface area contributed by atoms with Gasteiger partial charge in [0.05, 0.1) is 22.7 Å². The first-order valence-corrected chi connectivity index (χ1v) is 12.1. The highest BCUT2D eigenvalue weighted by molar-refractivity contribution is 9.10. The lowest BCUT2D eigenvalue weighted by Crippen LogP contribution is -2.22. The van der Waals surface area contributed by atoms with E-state index < -0.39 is 17.6 Å². The first kappa shape index (κ1) is 34.4. The molecule has 0 unspecified atom stereocenters. The number of carbonyl (C=O) groups excluding carboxylic acids is 3. The molecule has 0 aliphatic heterocycles. The molecule has 1 aromatic heterocycles. The number of methoxy groups -OCH3 is 1. The van der Waals surface area contributed by atoms with E-state index in [0.29, 0.717) is 6.41 Å². The highest BCUT2D eigenvalue weighted by Gasteiger charge is 2.15. The fourth-order valence-corrected chi connectivity index (χ4v) is 3.38. The van der Waals surface area contributed by atoms with E-state index in [1.807, 2.05) is 6.07 Å². The lowest BCUT2D eigenvalue weighted by Gasteiger charge is -2.07. The summed E-state index contributed by atoms with van der Waals surface area (Å²) in [7, 11) is 2.82. The van der Waals surface area contributed by atoms with E-state index in [0.717, 1.165) is 0 Å². The number of esters is 1. The summed E-state index contributed by atoms with van der Waals surface area (Å²) in [6.07, 6.45) is 9.94. The van der Waals surface area contributed by atoms with Crippen molar-refractivity contribution in [2.24, 2.45) is 7.05 Å². The van der Waals surface area contributed by atoms with Crippen molar-refractivity contribution in [2.75, 3.05) is 19.0 Å². The van der Waals surface area contributed by atoms with Crippen LogP contribution in [0.5, 0.6) is 0 Å². The summed E-state index contributed by atoms with van der Waals surface area (Å²) < 4.78 is 6.68. The molecule has 0 spiro atoms. The van der Waals surface area contributed by atoms with Gasteiger partial charge in [0, 0.05) is 17.7 Å². The number of hydrogen-bond donors (Lipinski definition) is 2. The molecule has 2 aromatic carbocycles. The summed E-state index contributed by atoms with van der Waals surface area (Å²) in [6, 6.07) is 12.5. The van der Waals surface area contributed by atoms with Crippen LogP contribution in [0.3, 0.4) is 0 Å². The number of benzene rings is 2. The van der Waals surface area contributed by atoms with E-state index in [9.17, 15) is 19.2 Å². The van der Waals surface area contributed by atoms with Crippen molar-refractivity contribution < 1.29 is 19.1 Å². The molecular formula is C26H27BrCl2N4O5. The SMILES string of the molecule is C#C.COC(=O)CNC=O.Cc1cccc(Br)c1C.Cn1ccc(NC(=O)c2c(Cl)cccc2Cl)nc1=O. The van der Waals surface area contributed by atoms with E-state index in [-0.39, 0.29) is 28.0 Å². The molecule has 202 valence electrons. The quantitative estimate of drug-likeness (QED) is 0.244. The van der Waals surface area contributed by atoms with Crippen molar-refractivity contribution in [2.45, 2.75) is 13.8 Å². The molecular weight excluding hydrogens is 599 g/mol. The molecule has 0 fully saturated rings. The van der Waals surface area contributed by atoms with E-state index in [1.165, 1.54) is 39.5 Å². The van der Waals surface area contributed by atoms with Crippen LogP contribution in [-0.4, -0.2) is 41.5 Å². The lowest BCUT2D eigenvalue weighted by atomic mass is 10.1. The van der Waals surface area contributed by atoms with Crippen molar-refractivity contribution in [3.63, 3.8) is 0 Å². The minimum Gasteiger partial charge on any atom is -0.468 e. The summed E-state index contributed by atoms with van der Waals surface area (Å²) in [5, 5.41) is 5.08. The molecule has 0 atom stereocenters. The normalized spacial score (nSPS) is 9.08. The number of aryl methyl sites for hydroxylation is 2. The largest absolute Gasteiger partial charge is 0.468 e. The molecule has 9 nitrogen and oxygen atoms in total. The molecule has 1 heterocycles. The van der Waals surface area contributed by atoms with Gasteiger partial charge in [-0.25, -0.2) is 4.79 Å². The maximum Gasteiger partial charge on any atom is 0.349 e. The molecule has 3 rings (SSSR count). The second-order valence-electron chi connectivity index (χ2n) is 7.01. The second kappa shape index (κ2) is 18.6. The molecule has 38 heavy (non-hydrogen) atoms. The zero-order valence-electron chi connectivity index (χ0n) is 21.1. The number of aromatic nitrogens is 2. The van der Waals surface area contributed by atoms with Gasteiger partial charge in [-0.2, -0.15) is 4.98 Å². The van der Waals surface area contributed by atoms with Crippen LogP contribution < -0.4 is 16.3 Å². The van der Waals surface area contributed by atoms with Crippen molar-refractivity contribution >= 4 is 63.2 Å². The molecule has 2 N–H and O–H groups in total. The number of terminal acetylenes is 1. The Balaban J connectivity index is 0.000000601. The van der Waals surface area contributed by atoms with Gasteiger partial charge >= 0.3 is 11.7 Å². The van der Waals surface area contributed by atoms with Crippen LogP contribution >= 0.6 is 39.1 Å². The molecule has 12 heteroatoms. The molecule has 0 saturated heterocycles. The molecule has 0 saturated carbocycles. The first-order chi connectivity index (χ1) is 18.0. The first-order valence-electron chi connectivity index (χ1n) is 10.6. The lowest BCUT2D eigenvalue weighted by molar-refractivity contribution is -0.140. The Morgan fingerprint density at radius 2 is 1.68 bits per heavy atom. The number of halogens is 3. The average Bonchev–Trinajstić information content (AvgIpc) is 2.89. The van der Waals surface area contributed by atoms with Gasteiger partial charge in [-0.1, -0.05) is 57.3 Å². The van der Waals surface area contributed by atoms with Gasteiger partial charge < -0.3 is 19.9 Å². The van der Waals surface area contributed by atoms with Crippen LogP contribution in [0.15, 0.2) is 57.9 Å². The zero-order valence-corrected chi connectivity index (χ0v) is 24.2. The van der Waals surface area contributed by atoms with Crippen molar-refractivity contribution in [1.82, 2.24) is 14.9 Å². The van der Waals surface area contributed by atoms with Gasteiger partial charge in [0.1, 0.15) is 12.4 Å². The van der Waals surface area contributed by atoms with Crippen LogP contribution in [0.2, 0.25) is 10.0 Å². The topological polar surface area (TPSA) is 119 Å². The van der Waals surface area contributed by atoms with Crippen molar-refractivity contribution in [3.05, 3.63) is 90.4 Å². The Bertz CT molecular complexity index is 1270. The Kier molecular flexibility index (Phi) is 16.8. The molecule has 0 aliphatic carbocycles. The highest BCUT2D eigenvalue weighted by Crippen LogP contribution is 2.24. The number of carbonyl (C=O) groups is 3. The van der Waals surface area contributed by atoms with Crippen LogP contribution in [0.1, 0.15) is 21.5 Å². The van der Waals surface area contributed by atoms with Gasteiger partial charge in [0.2, 0.25) is 6.41 Å². The number of nitrogens with one attached hydrogen (secondary N) is 2. The number of amides is 2. The minimum atomic E-state index is -0.517. The van der Waals surface area contributed by atoms with Gasteiger partial charge in [-0.15, -0.1) is 12.8 Å².